The monoisotopic (exact) mass is 507 g/mol. The first kappa shape index (κ1) is 26.2. The van der Waals surface area contributed by atoms with E-state index in [0.717, 1.165) is 6.08 Å². The molecule has 3 rings (SSSR count). The van der Waals surface area contributed by atoms with Gasteiger partial charge in [-0.2, -0.15) is 0 Å². The molecule has 10 heteroatoms. The number of nitrogens with zero attached hydrogens (tertiary/aromatic N) is 1. The number of amidine groups is 1. The maximum absolute atomic E-state index is 13.1. The summed E-state index contributed by atoms with van der Waals surface area (Å²) in [4.78, 5) is 28.6. The summed E-state index contributed by atoms with van der Waals surface area (Å²) < 4.78 is 5.72. The molecule has 0 aliphatic heterocycles. The lowest BCUT2D eigenvalue weighted by molar-refractivity contribution is -0.131. The van der Waals surface area contributed by atoms with Crippen LogP contribution in [0.1, 0.15) is 39.7 Å². The molecule has 36 heavy (non-hydrogen) atoms. The van der Waals surface area contributed by atoms with Gasteiger partial charge < -0.3 is 26.2 Å². The first-order valence-corrected chi connectivity index (χ1v) is 11.4. The van der Waals surface area contributed by atoms with Crippen LogP contribution in [0.3, 0.4) is 0 Å². The number of aliphatic carboxylic acids is 1. The molecule has 0 saturated carbocycles. The van der Waals surface area contributed by atoms with Crippen molar-refractivity contribution in [3.05, 3.63) is 87.7 Å². The number of halogens is 1. The average molecular weight is 508 g/mol. The van der Waals surface area contributed by atoms with Crippen molar-refractivity contribution in [1.82, 2.24) is 4.98 Å². The number of aromatic nitrogens is 1. The Labute approximate surface area is 213 Å². The van der Waals surface area contributed by atoms with Crippen LogP contribution >= 0.6 is 11.6 Å². The van der Waals surface area contributed by atoms with Gasteiger partial charge in [-0.1, -0.05) is 11.6 Å². The Morgan fingerprint density at radius 2 is 1.94 bits per heavy atom. The Kier molecular flexibility index (Phi) is 8.64. The van der Waals surface area contributed by atoms with Crippen molar-refractivity contribution in [3.63, 3.8) is 0 Å². The zero-order valence-electron chi connectivity index (χ0n) is 19.8. The lowest BCUT2D eigenvalue weighted by atomic mass is 10.1. The number of carboxylic acid groups (broad SMARTS) is 1. The van der Waals surface area contributed by atoms with E-state index in [1.807, 2.05) is 6.92 Å². The Morgan fingerprint density at radius 3 is 2.58 bits per heavy atom. The lowest BCUT2D eigenvalue weighted by Crippen LogP contribution is -2.16. The minimum atomic E-state index is -1.08. The lowest BCUT2D eigenvalue weighted by Gasteiger charge is -2.17. The molecule has 1 heterocycles. The van der Waals surface area contributed by atoms with Crippen LogP contribution < -0.4 is 21.1 Å². The molecule has 0 aliphatic rings. The number of nitrogen functional groups attached to an aromatic ring is 1. The number of hydrogen-bond acceptors (Lipinski definition) is 6. The van der Waals surface area contributed by atoms with Crippen LogP contribution in [0.25, 0.3) is 6.08 Å². The van der Waals surface area contributed by atoms with Crippen LogP contribution in [0.4, 0.5) is 11.4 Å². The highest BCUT2D eigenvalue weighted by Gasteiger charge is 2.16. The van der Waals surface area contributed by atoms with E-state index in [-0.39, 0.29) is 12.4 Å². The summed E-state index contributed by atoms with van der Waals surface area (Å²) >= 11 is 6.17. The highest BCUT2D eigenvalue weighted by Crippen LogP contribution is 2.29. The maximum Gasteiger partial charge on any atom is 0.328 e. The number of carbonyl (C=O) groups excluding carboxylic acids is 1. The van der Waals surface area contributed by atoms with Crippen LogP contribution in [0.2, 0.25) is 5.02 Å². The zero-order valence-corrected chi connectivity index (χ0v) is 20.5. The molecule has 0 atom stereocenters. The van der Waals surface area contributed by atoms with E-state index in [2.05, 4.69) is 15.6 Å². The molecule has 2 aromatic carbocycles. The van der Waals surface area contributed by atoms with Gasteiger partial charge in [0.05, 0.1) is 17.9 Å². The minimum absolute atomic E-state index is 0.0649. The number of benzene rings is 2. The second-order valence-corrected chi connectivity index (χ2v) is 8.14. The van der Waals surface area contributed by atoms with Crippen molar-refractivity contribution in [1.29, 1.82) is 5.41 Å². The SMILES string of the molecule is CCOc1c(C)ncc(CNc2ccc(Cl)cc2C(=O)Nc2ccc(C(=N)N)cc2)c1/C=C/C(=O)O. The van der Waals surface area contributed by atoms with E-state index in [0.29, 0.717) is 56.7 Å². The number of anilines is 2. The number of ether oxygens (including phenoxy) is 1. The van der Waals surface area contributed by atoms with Crippen LogP contribution in [0, 0.1) is 12.3 Å². The number of nitrogens with two attached hydrogens (primary N) is 1. The molecule has 0 bridgehead atoms. The summed E-state index contributed by atoms with van der Waals surface area (Å²) in [5.41, 5.74) is 9.29. The smallest absolute Gasteiger partial charge is 0.328 e. The molecule has 186 valence electrons. The molecule has 9 nitrogen and oxygen atoms in total. The highest BCUT2D eigenvalue weighted by molar-refractivity contribution is 6.31. The fourth-order valence-corrected chi connectivity index (χ4v) is 3.60. The van der Waals surface area contributed by atoms with Gasteiger partial charge in [0.25, 0.3) is 5.91 Å². The molecule has 0 saturated heterocycles. The van der Waals surface area contributed by atoms with E-state index in [4.69, 9.17) is 32.6 Å². The normalized spacial score (nSPS) is 10.8. The van der Waals surface area contributed by atoms with Crippen molar-refractivity contribution in [3.8, 4) is 5.75 Å². The maximum atomic E-state index is 13.1. The van der Waals surface area contributed by atoms with Crippen LogP contribution in [-0.2, 0) is 11.3 Å². The molecule has 0 fully saturated rings. The van der Waals surface area contributed by atoms with E-state index in [9.17, 15) is 9.59 Å². The van der Waals surface area contributed by atoms with Gasteiger partial charge in [-0.05, 0) is 62.4 Å². The highest BCUT2D eigenvalue weighted by atomic mass is 35.5. The number of amides is 1. The summed E-state index contributed by atoms with van der Waals surface area (Å²) in [6.45, 7) is 4.25. The fourth-order valence-electron chi connectivity index (χ4n) is 3.43. The summed E-state index contributed by atoms with van der Waals surface area (Å²) in [5.74, 6) is -1.04. The molecular weight excluding hydrogens is 482 g/mol. The number of pyridine rings is 1. The predicted octanol–water partition coefficient (Wildman–Crippen LogP) is 4.69. The average Bonchev–Trinajstić information content (AvgIpc) is 2.84. The molecular formula is C26H26ClN5O4. The third-order valence-corrected chi connectivity index (χ3v) is 5.40. The molecule has 6 N–H and O–H groups in total. The summed E-state index contributed by atoms with van der Waals surface area (Å²) in [6, 6.07) is 11.5. The molecule has 1 aromatic heterocycles. The predicted molar refractivity (Wildman–Crippen MR) is 141 cm³/mol. The van der Waals surface area contributed by atoms with Gasteiger partial charge >= 0.3 is 5.97 Å². The van der Waals surface area contributed by atoms with E-state index >= 15 is 0 Å². The van der Waals surface area contributed by atoms with Gasteiger partial charge in [-0.15, -0.1) is 0 Å². The number of aryl methyl sites for hydroxylation is 1. The minimum Gasteiger partial charge on any atom is -0.491 e. The molecule has 1 amide bonds. The largest absolute Gasteiger partial charge is 0.491 e. The second-order valence-electron chi connectivity index (χ2n) is 7.70. The number of carboxylic acids is 1. The first-order valence-electron chi connectivity index (χ1n) is 11.0. The van der Waals surface area contributed by atoms with Crippen LogP contribution in [-0.4, -0.2) is 34.4 Å². The Bertz CT molecular complexity index is 1320. The second kappa shape index (κ2) is 11.9. The van der Waals surface area contributed by atoms with Crippen LogP contribution in [0.5, 0.6) is 5.75 Å². The van der Waals surface area contributed by atoms with Crippen LogP contribution in [0.15, 0.2) is 54.7 Å². The van der Waals surface area contributed by atoms with E-state index < -0.39 is 11.9 Å². The standard InChI is InChI=1S/C26H26ClN5O4/c1-3-36-24-15(2)30-13-17(20(24)9-11-23(33)34)14-31-22-10-6-18(27)12-21(22)26(35)32-19-7-4-16(5-8-19)25(28)29/h4-13,31H,3,14H2,1-2H3,(H3,28,29)(H,32,35)(H,33,34)/b11-9+. The summed E-state index contributed by atoms with van der Waals surface area (Å²) in [7, 11) is 0. The number of carbonyl (C=O) groups is 2. The zero-order chi connectivity index (χ0) is 26.2. The number of rotatable bonds is 10. The van der Waals surface area contributed by atoms with Crippen molar-refractivity contribution >= 4 is 46.8 Å². The van der Waals surface area contributed by atoms with Gasteiger partial charge in [0.2, 0.25) is 0 Å². The first-order chi connectivity index (χ1) is 17.2. The number of nitrogens with one attached hydrogen (secondary N) is 3. The quantitative estimate of drug-likeness (QED) is 0.152. The van der Waals surface area contributed by atoms with Gasteiger partial charge in [0.15, 0.2) is 0 Å². The summed E-state index contributed by atoms with van der Waals surface area (Å²) in [6.07, 6.45) is 4.15. The third kappa shape index (κ3) is 6.61. The Morgan fingerprint density at radius 1 is 1.22 bits per heavy atom. The van der Waals surface area contributed by atoms with Crippen molar-refractivity contribution in [2.45, 2.75) is 20.4 Å². The molecule has 0 radical (unpaired) electrons. The summed E-state index contributed by atoms with van der Waals surface area (Å²) in [5, 5.41) is 23.0. The number of hydrogen-bond donors (Lipinski definition) is 5. The van der Waals surface area contributed by atoms with Crippen molar-refractivity contribution in [2.24, 2.45) is 5.73 Å². The van der Waals surface area contributed by atoms with Crippen molar-refractivity contribution < 1.29 is 19.4 Å². The molecule has 0 unspecified atom stereocenters. The van der Waals surface area contributed by atoms with Gasteiger partial charge in [-0.3, -0.25) is 15.2 Å². The Balaban J connectivity index is 1.88. The molecule has 0 aliphatic carbocycles. The van der Waals surface area contributed by atoms with E-state index in [1.165, 1.54) is 6.08 Å². The fraction of sp³-hybridized carbons (Fsp3) is 0.154. The topological polar surface area (TPSA) is 150 Å². The third-order valence-electron chi connectivity index (χ3n) is 5.16. The van der Waals surface area contributed by atoms with E-state index in [1.54, 1.807) is 55.6 Å². The molecule has 3 aromatic rings. The van der Waals surface area contributed by atoms with Gasteiger partial charge in [0, 0.05) is 51.9 Å². The van der Waals surface area contributed by atoms with Crippen molar-refractivity contribution in [2.75, 3.05) is 17.2 Å². The Hall–Kier alpha value is -4.37. The van der Waals surface area contributed by atoms with Gasteiger partial charge in [-0.25, -0.2) is 4.79 Å². The van der Waals surface area contributed by atoms with Gasteiger partial charge in [0.1, 0.15) is 11.6 Å². The molecule has 0 spiro atoms.